The molecular weight excluding hydrogens is 316 g/mol. The van der Waals surface area contributed by atoms with E-state index in [1.165, 1.54) is 18.6 Å². The van der Waals surface area contributed by atoms with Gasteiger partial charge in [-0.2, -0.15) is 0 Å². The number of aryl methyl sites for hydroxylation is 1. The summed E-state index contributed by atoms with van der Waals surface area (Å²) >= 11 is 0. The molecule has 0 fully saturated rings. The number of nitrogens with one attached hydrogen (secondary N) is 1. The Hall–Kier alpha value is -3.61. The molecule has 122 valence electrons. The fourth-order valence-corrected chi connectivity index (χ4v) is 2.49. The highest BCUT2D eigenvalue weighted by atomic mass is 16.1. The third-order valence-corrected chi connectivity index (χ3v) is 3.81. The number of aromatic nitrogens is 5. The first-order chi connectivity index (χ1) is 12.2. The summed E-state index contributed by atoms with van der Waals surface area (Å²) in [6, 6.07) is 7.65. The molecule has 0 aliphatic heterocycles. The molecule has 4 rings (SSSR count). The average molecular weight is 330 g/mol. The van der Waals surface area contributed by atoms with Gasteiger partial charge in [0.2, 0.25) is 5.78 Å². The predicted molar refractivity (Wildman–Crippen MR) is 93.1 cm³/mol. The molecule has 3 aromatic heterocycles. The molecule has 0 atom stereocenters. The number of carbonyl (C=O) groups is 1. The maximum absolute atomic E-state index is 12.3. The lowest BCUT2D eigenvalue weighted by atomic mass is 10.1. The highest BCUT2D eigenvalue weighted by Gasteiger charge is 2.11. The van der Waals surface area contributed by atoms with Crippen LogP contribution >= 0.6 is 0 Å². The lowest BCUT2D eigenvalue weighted by Crippen LogP contribution is -2.14. The Labute approximate surface area is 143 Å². The number of imidazole rings is 1. The van der Waals surface area contributed by atoms with Crippen LogP contribution in [0.2, 0.25) is 0 Å². The third-order valence-electron chi connectivity index (χ3n) is 3.81. The number of rotatable bonds is 3. The maximum Gasteiger partial charge on any atom is 0.275 e. The normalized spacial score (nSPS) is 10.8. The van der Waals surface area contributed by atoms with Gasteiger partial charge in [0.05, 0.1) is 11.9 Å². The quantitative estimate of drug-likeness (QED) is 0.624. The summed E-state index contributed by atoms with van der Waals surface area (Å²) in [6.07, 6.45) is 9.95. The molecule has 25 heavy (non-hydrogen) atoms. The number of benzene rings is 1. The molecule has 0 bridgehead atoms. The van der Waals surface area contributed by atoms with Crippen LogP contribution in [0.3, 0.4) is 0 Å². The molecular formula is C18H14N6O. The van der Waals surface area contributed by atoms with Gasteiger partial charge in [0.25, 0.3) is 5.91 Å². The summed E-state index contributed by atoms with van der Waals surface area (Å²) in [5.74, 6) is 0.327. The molecule has 0 spiro atoms. The Morgan fingerprint density at radius 2 is 2.08 bits per heavy atom. The first-order valence-electron chi connectivity index (χ1n) is 7.69. The van der Waals surface area contributed by atoms with E-state index >= 15 is 0 Å². The van der Waals surface area contributed by atoms with Crippen LogP contribution in [0.15, 0.2) is 61.4 Å². The molecule has 3 heterocycles. The van der Waals surface area contributed by atoms with Crippen molar-refractivity contribution in [2.75, 3.05) is 5.32 Å². The highest BCUT2D eigenvalue weighted by molar-refractivity contribution is 6.03. The second kappa shape index (κ2) is 6.12. The molecule has 7 nitrogen and oxygen atoms in total. The van der Waals surface area contributed by atoms with Crippen molar-refractivity contribution in [2.24, 2.45) is 0 Å². The summed E-state index contributed by atoms with van der Waals surface area (Å²) in [7, 11) is 0. The van der Waals surface area contributed by atoms with Gasteiger partial charge in [-0.05, 0) is 24.6 Å². The Bertz CT molecular complexity index is 1020. The van der Waals surface area contributed by atoms with E-state index in [0.29, 0.717) is 11.5 Å². The zero-order valence-corrected chi connectivity index (χ0v) is 13.4. The Kier molecular flexibility index (Phi) is 3.66. The molecule has 1 N–H and O–H groups in total. The Morgan fingerprint density at radius 3 is 2.88 bits per heavy atom. The van der Waals surface area contributed by atoms with Crippen molar-refractivity contribution in [1.82, 2.24) is 24.3 Å². The van der Waals surface area contributed by atoms with Gasteiger partial charge < -0.3 is 5.32 Å². The van der Waals surface area contributed by atoms with E-state index in [0.717, 1.165) is 16.8 Å². The lowest BCUT2D eigenvalue weighted by Gasteiger charge is -2.09. The van der Waals surface area contributed by atoms with Crippen LogP contribution < -0.4 is 5.32 Å². The van der Waals surface area contributed by atoms with E-state index in [-0.39, 0.29) is 11.6 Å². The minimum absolute atomic E-state index is 0.268. The summed E-state index contributed by atoms with van der Waals surface area (Å²) in [4.78, 5) is 29.0. The van der Waals surface area contributed by atoms with Gasteiger partial charge in [0.1, 0.15) is 5.69 Å². The summed E-state index contributed by atoms with van der Waals surface area (Å²) in [5, 5.41) is 2.88. The molecule has 4 aromatic rings. The van der Waals surface area contributed by atoms with Gasteiger partial charge in [-0.1, -0.05) is 12.1 Å². The van der Waals surface area contributed by atoms with Gasteiger partial charge >= 0.3 is 0 Å². The summed E-state index contributed by atoms with van der Waals surface area (Å²) < 4.78 is 1.85. The van der Waals surface area contributed by atoms with Crippen LogP contribution in [-0.2, 0) is 0 Å². The third kappa shape index (κ3) is 2.94. The van der Waals surface area contributed by atoms with Crippen molar-refractivity contribution < 1.29 is 4.79 Å². The fourth-order valence-electron chi connectivity index (χ4n) is 2.49. The zero-order valence-electron chi connectivity index (χ0n) is 13.4. The number of anilines is 1. The minimum Gasteiger partial charge on any atom is -0.320 e. The Balaban J connectivity index is 1.67. The topological polar surface area (TPSA) is 85.1 Å². The van der Waals surface area contributed by atoms with Gasteiger partial charge in [-0.3, -0.25) is 14.2 Å². The van der Waals surface area contributed by atoms with Crippen LogP contribution in [-0.4, -0.2) is 30.2 Å². The van der Waals surface area contributed by atoms with Crippen LogP contribution in [0.5, 0.6) is 0 Å². The summed E-state index contributed by atoms with van der Waals surface area (Å²) in [5.41, 5.74) is 3.60. The molecule has 1 amide bonds. The Morgan fingerprint density at radius 1 is 1.16 bits per heavy atom. The first-order valence-corrected chi connectivity index (χ1v) is 7.69. The number of hydrogen-bond acceptors (Lipinski definition) is 5. The molecule has 0 saturated carbocycles. The van der Waals surface area contributed by atoms with E-state index in [2.05, 4.69) is 25.3 Å². The van der Waals surface area contributed by atoms with E-state index in [1.54, 1.807) is 6.20 Å². The molecule has 7 heteroatoms. The minimum atomic E-state index is -0.301. The van der Waals surface area contributed by atoms with Crippen molar-refractivity contribution in [3.63, 3.8) is 0 Å². The molecule has 0 radical (unpaired) electrons. The summed E-state index contributed by atoms with van der Waals surface area (Å²) in [6.45, 7) is 1.93. The largest absolute Gasteiger partial charge is 0.320 e. The van der Waals surface area contributed by atoms with Crippen molar-refractivity contribution >= 4 is 17.4 Å². The average Bonchev–Trinajstić information content (AvgIpc) is 3.08. The van der Waals surface area contributed by atoms with E-state index < -0.39 is 0 Å². The highest BCUT2D eigenvalue weighted by Crippen LogP contribution is 2.25. The van der Waals surface area contributed by atoms with Gasteiger partial charge in [0.15, 0.2) is 0 Å². The van der Waals surface area contributed by atoms with Crippen LogP contribution in [0.1, 0.15) is 16.1 Å². The van der Waals surface area contributed by atoms with Crippen molar-refractivity contribution in [1.29, 1.82) is 0 Å². The van der Waals surface area contributed by atoms with Crippen LogP contribution in [0, 0.1) is 6.92 Å². The standard InChI is InChI=1S/C18H14N6O/c1-12-3-4-13(16-11-24-8-2-5-21-18(24)23-16)9-14(12)22-17(25)15-10-19-6-7-20-15/h2-11H,1H3,(H,22,25). The first kappa shape index (κ1) is 14.9. The molecule has 0 aliphatic carbocycles. The molecule has 0 saturated heterocycles. The number of amides is 1. The second-order valence-corrected chi connectivity index (χ2v) is 5.53. The smallest absolute Gasteiger partial charge is 0.275 e. The van der Waals surface area contributed by atoms with E-state index in [1.807, 2.05) is 48.0 Å². The van der Waals surface area contributed by atoms with Crippen molar-refractivity contribution in [3.05, 3.63) is 72.7 Å². The van der Waals surface area contributed by atoms with Gasteiger partial charge in [0, 0.05) is 42.2 Å². The maximum atomic E-state index is 12.3. The number of carbonyl (C=O) groups excluding carboxylic acids is 1. The fraction of sp³-hybridized carbons (Fsp3) is 0.0556. The van der Waals surface area contributed by atoms with Crippen LogP contribution in [0.25, 0.3) is 17.0 Å². The van der Waals surface area contributed by atoms with Crippen molar-refractivity contribution in [3.8, 4) is 11.3 Å². The SMILES string of the molecule is Cc1ccc(-c2cn3cccnc3n2)cc1NC(=O)c1cnccn1. The molecule has 0 unspecified atom stereocenters. The van der Waals surface area contributed by atoms with Gasteiger partial charge in [-0.25, -0.2) is 15.0 Å². The number of fused-ring (bicyclic) bond motifs is 1. The van der Waals surface area contributed by atoms with E-state index in [4.69, 9.17) is 0 Å². The second-order valence-electron chi connectivity index (χ2n) is 5.53. The molecule has 1 aromatic carbocycles. The number of hydrogen-bond donors (Lipinski definition) is 1. The van der Waals surface area contributed by atoms with E-state index in [9.17, 15) is 4.79 Å². The van der Waals surface area contributed by atoms with Crippen LogP contribution in [0.4, 0.5) is 5.69 Å². The zero-order chi connectivity index (χ0) is 17.2. The van der Waals surface area contributed by atoms with Gasteiger partial charge in [-0.15, -0.1) is 0 Å². The monoisotopic (exact) mass is 330 g/mol. The molecule has 0 aliphatic rings. The number of nitrogens with zero attached hydrogens (tertiary/aromatic N) is 5. The lowest BCUT2D eigenvalue weighted by molar-refractivity contribution is 0.102. The predicted octanol–water partition coefficient (Wildman–Crippen LogP) is 2.75. The van der Waals surface area contributed by atoms with Crippen molar-refractivity contribution in [2.45, 2.75) is 6.92 Å².